The van der Waals surface area contributed by atoms with Crippen LogP contribution in [-0.4, -0.2) is 25.0 Å². The summed E-state index contributed by atoms with van der Waals surface area (Å²) in [6.45, 7) is 0. The molecular formula is C13H12N6. The zero-order valence-electron chi connectivity index (χ0n) is 10.1. The first kappa shape index (κ1) is 11.5. The fraction of sp³-hybridized carbons (Fsp3) is 0.0769. The van der Waals surface area contributed by atoms with Crippen LogP contribution >= 0.6 is 0 Å². The van der Waals surface area contributed by atoms with Gasteiger partial charge in [0, 0.05) is 12.4 Å². The highest BCUT2D eigenvalue weighted by Crippen LogP contribution is 2.14. The topological polar surface area (TPSA) is 82.5 Å². The summed E-state index contributed by atoms with van der Waals surface area (Å²) in [7, 11) is 0. The van der Waals surface area contributed by atoms with Gasteiger partial charge in [-0.2, -0.15) is 15.0 Å². The molecule has 1 unspecified atom stereocenters. The van der Waals surface area contributed by atoms with Crippen molar-refractivity contribution in [2.75, 3.05) is 0 Å². The van der Waals surface area contributed by atoms with Crippen LogP contribution in [-0.2, 0) is 0 Å². The van der Waals surface area contributed by atoms with Crippen LogP contribution < -0.4 is 5.73 Å². The molecule has 1 atom stereocenters. The summed E-state index contributed by atoms with van der Waals surface area (Å²) in [5, 5.41) is 8.58. The molecule has 0 saturated heterocycles. The van der Waals surface area contributed by atoms with Gasteiger partial charge in [-0.05, 0) is 12.1 Å². The second kappa shape index (κ2) is 4.95. The first-order chi connectivity index (χ1) is 9.34. The standard InChI is InChI=1S/C13H12N6/c14-13(11-8-15-6-7-16-11)12-9-17-19(18-12)10-4-2-1-3-5-10/h1-9,13H,14H2. The molecule has 2 heterocycles. The van der Waals surface area contributed by atoms with Gasteiger partial charge in [0.1, 0.15) is 5.69 Å². The van der Waals surface area contributed by atoms with Crippen molar-refractivity contribution in [3.63, 3.8) is 0 Å². The Kier molecular flexibility index (Phi) is 2.99. The second-order valence-corrected chi connectivity index (χ2v) is 4.00. The minimum atomic E-state index is -0.425. The van der Waals surface area contributed by atoms with Gasteiger partial charge in [-0.3, -0.25) is 9.97 Å². The molecule has 94 valence electrons. The maximum atomic E-state index is 6.09. The number of nitrogens with two attached hydrogens (primary N) is 1. The van der Waals surface area contributed by atoms with Gasteiger partial charge < -0.3 is 5.73 Å². The molecule has 19 heavy (non-hydrogen) atoms. The lowest BCUT2D eigenvalue weighted by Crippen LogP contribution is -2.14. The maximum Gasteiger partial charge on any atom is 0.106 e. The minimum Gasteiger partial charge on any atom is -0.318 e. The summed E-state index contributed by atoms with van der Waals surface area (Å²) in [5.41, 5.74) is 8.30. The predicted octanol–water partition coefficient (Wildman–Crippen LogP) is 1.11. The van der Waals surface area contributed by atoms with E-state index >= 15 is 0 Å². The van der Waals surface area contributed by atoms with Crippen molar-refractivity contribution in [1.29, 1.82) is 0 Å². The van der Waals surface area contributed by atoms with Gasteiger partial charge in [0.2, 0.25) is 0 Å². The highest BCUT2D eigenvalue weighted by Gasteiger charge is 2.14. The average Bonchev–Trinajstić information content (AvgIpc) is 2.98. The van der Waals surface area contributed by atoms with Crippen LogP contribution in [0.5, 0.6) is 0 Å². The lowest BCUT2D eigenvalue weighted by atomic mass is 10.2. The summed E-state index contributed by atoms with van der Waals surface area (Å²) < 4.78 is 0. The van der Waals surface area contributed by atoms with Gasteiger partial charge in [0.05, 0.1) is 29.8 Å². The quantitative estimate of drug-likeness (QED) is 0.755. The Labute approximate surface area is 109 Å². The predicted molar refractivity (Wildman–Crippen MR) is 69.4 cm³/mol. The molecule has 0 spiro atoms. The number of nitrogens with zero attached hydrogens (tertiary/aromatic N) is 5. The lowest BCUT2D eigenvalue weighted by molar-refractivity contribution is 0.711. The summed E-state index contributed by atoms with van der Waals surface area (Å²) in [4.78, 5) is 9.72. The molecule has 2 aromatic heterocycles. The van der Waals surface area contributed by atoms with E-state index in [4.69, 9.17) is 5.73 Å². The number of benzene rings is 1. The summed E-state index contributed by atoms with van der Waals surface area (Å²) in [5.74, 6) is 0. The van der Waals surface area contributed by atoms with Gasteiger partial charge in [0.15, 0.2) is 0 Å². The van der Waals surface area contributed by atoms with Crippen LogP contribution in [0.4, 0.5) is 0 Å². The van der Waals surface area contributed by atoms with Crippen molar-refractivity contribution in [2.45, 2.75) is 6.04 Å². The Bertz CT molecular complexity index is 649. The van der Waals surface area contributed by atoms with Crippen LogP contribution in [0.1, 0.15) is 17.4 Å². The maximum absolute atomic E-state index is 6.09. The van der Waals surface area contributed by atoms with E-state index in [0.29, 0.717) is 11.4 Å². The molecule has 2 N–H and O–H groups in total. The van der Waals surface area contributed by atoms with Gasteiger partial charge in [-0.15, -0.1) is 0 Å². The van der Waals surface area contributed by atoms with Crippen molar-refractivity contribution in [3.8, 4) is 5.69 Å². The lowest BCUT2D eigenvalue weighted by Gasteiger charge is -2.06. The number of hydrogen-bond acceptors (Lipinski definition) is 5. The molecule has 0 bridgehead atoms. The monoisotopic (exact) mass is 252 g/mol. The smallest absolute Gasteiger partial charge is 0.106 e. The fourth-order valence-corrected chi connectivity index (χ4v) is 1.73. The van der Waals surface area contributed by atoms with E-state index in [1.54, 1.807) is 29.6 Å². The average molecular weight is 252 g/mol. The van der Waals surface area contributed by atoms with E-state index in [2.05, 4.69) is 20.2 Å². The van der Waals surface area contributed by atoms with Crippen molar-refractivity contribution in [3.05, 3.63) is 66.5 Å². The third-order valence-electron chi connectivity index (χ3n) is 2.72. The number of aromatic nitrogens is 5. The molecule has 0 fully saturated rings. The molecule has 6 nitrogen and oxygen atoms in total. The highest BCUT2D eigenvalue weighted by molar-refractivity contribution is 5.29. The van der Waals surface area contributed by atoms with Crippen LogP contribution in [0.2, 0.25) is 0 Å². The largest absolute Gasteiger partial charge is 0.318 e. The van der Waals surface area contributed by atoms with Crippen LogP contribution in [0, 0.1) is 0 Å². The number of rotatable bonds is 3. The van der Waals surface area contributed by atoms with E-state index in [-0.39, 0.29) is 0 Å². The zero-order chi connectivity index (χ0) is 13.1. The summed E-state index contributed by atoms with van der Waals surface area (Å²) in [6.07, 6.45) is 6.49. The van der Waals surface area contributed by atoms with Crippen molar-refractivity contribution in [1.82, 2.24) is 25.0 Å². The Balaban J connectivity index is 1.90. The molecule has 1 aromatic carbocycles. The minimum absolute atomic E-state index is 0.425. The number of para-hydroxylation sites is 1. The SMILES string of the molecule is NC(c1cnccn1)c1cnn(-c2ccccc2)n1. The van der Waals surface area contributed by atoms with Crippen LogP contribution in [0.15, 0.2) is 55.1 Å². The Morgan fingerprint density at radius 2 is 1.84 bits per heavy atom. The van der Waals surface area contributed by atoms with Gasteiger partial charge >= 0.3 is 0 Å². The molecule has 0 aliphatic carbocycles. The number of hydrogen-bond donors (Lipinski definition) is 1. The molecule has 3 aromatic rings. The zero-order valence-corrected chi connectivity index (χ0v) is 10.1. The molecule has 0 aliphatic rings. The van der Waals surface area contributed by atoms with Crippen LogP contribution in [0.25, 0.3) is 5.69 Å². The van der Waals surface area contributed by atoms with Crippen molar-refractivity contribution >= 4 is 0 Å². The third kappa shape index (κ3) is 2.34. The van der Waals surface area contributed by atoms with Crippen LogP contribution in [0.3, 0.4) is 0 Å². The summed E-state index contributed by atoms with van der Waals surface area (Å²) in [6, 6.07) is 9.24. The normalized spacial score (nSPS) is 12.3. The highest BCUT2D eigenvalue weighted by atomic mass is 15.5. The molecule has 3 rings (SSSR count). The first-order valence-electron chi connectivity index (χ1n) is 5.84. The van der Waals surface area contributed by atoms with Crippen molar-refractivity contribution < 1.29 is 0 Å². The molecule has 6 heteroatoms. The van der Waals surface area contributed by atoms with Gasteiger partial charge in [-0.1, -0.05) is 18.2 Å². The molecular weight excluding hydrogens is 240 g/mol. The summed E-state index contributed by atoms with van der Waals surface area (Å²) >= 11 is 0. The second-order valence-electron chi connectivity index (χ2n) is 4.00. The Hall–Kier alpha value is -2.60. The van der Waals surface area contributed by atoms with Gasteiger partial charge in [0.25, 0.3) is 0 Å². The van der Waals surface area contributed by atoms with E-state index in [1.807, 2.05) is 30.3 Å². The van der Waals surface area contributed by atoms with E-state index < -0.39 is 6.04 Å². The van der Waals surface area contributed by atoms with E-state index in [0.717, 1.165) is 5.69 Å². The Morgan fingerprint density at radius 3 is 2.58 bits per heavy atom. The first-order valence-corrected chi connectivity index (χ1v) is 5.84. The Morgan fingerprint density at radius 1 is 1.00 bits per heavy atom. The third-order valence-corrected chi connectivity index (χ3v) is 2.72. The van der Waals surface area contributed by atoms with E-state index in [9.17, 15) is 0 Å². The van der Waals surface area contributed by atoms with Crippen molar-refractivity contribution in [2.24, 2.45) is 5.73 Å². The fourth-order valence-electron chi connectivity index (χ4n) is 1.73. The molecule has 0 amide bonds. The van der Waals surface area contributed by atoms with E-state index in [1.165, 1.54) is 0 Å². The van der Waals surface area contributed by atoms with Gasteiger partial charge in [-0.25, -0.2) is 0 Å². The molecule has 0 radical (unpaired) electrons. The molecule has 0 aliphatic heterocycles. The molecule has 0 saturated carbocycles.